The number of nitrogens with two attached hydrogens (primary N) is 1. The van der Waals surface area contributed by atoms with E-state index in [-0.39, 0.29) is 0 Å². The Kier molecular flexibility index (Phi) is 4.93. The minimum atomic E-state index is 0.511. The maximum Gasteiger partial charge on any atom is 0.148 e. The van der Waals surface area contributed by atoms with E-state index in [9.17, 15) is 0 Å². The van der Waals surface area contributed by atoms with Gasteiger partial charge in [0.25, 0.3) is 0 Å². The lowest BCUT2D eigenvalue weighted by atomic mass is 10.2. The molecule has 1 aromatic rings. The van der Waals surface area contributed by atoms with Crippen molar-refractivity contribution >= 4 is 11.6 Å². The van der Waals surface area contributed by atoms with Crippen LogP contribution >= 0.6 is 0 Å². The molecule has 0 bridgehead atoms. The number of hydrogen-bond acceptors (Lipinski definition) is 6. The lowest BCUT2D eigenvalue weighted by Gasteiger charge is -2.13. The Morgan fingerprint density at radius 1 is 1.32 bits per heavy atom. The molecule has 1 aromatic heterocycles. The summed E-state index contributed by atoms with van der Waals surface area (Å²) in [5, 5.41) is 3.34. The van der Waals surface area contributed by atoms with Gasteiger partial charge in [0.1, 0.15) is 17.5 Å². The normalized spacial score (nSPS) is 14.5. The van der Waals surface area contributed by atoms with Crippen molar-refractivity contribution in [3.63, 3.8) is 0 Å². The van der Waals surface area contributed by atoms with Gasteiger partial charge in [-0.3, -0.25) is 0 Å². The highest BCUT2D eigenvalue weighted by Crippen LogP contribution is 2.39. The Morgan fingerprint density at radius 2 is 2.05 bits per heavy atom. The quantitative estimate of drug-likeness (QED) is 0.377. The minimum Gasteiger partial charge on any atom is -0.382 e. The summed E-state index contributed by atoms with van der Waals surface area (Å²) in [7, 11) is 0. The number of aromatic nitrogens is 2. The second kappa shape index (κ2) is 6.68. The first-order valence-electron chi connectivity index (χ1n) is 6.93. The molecule has 6 heteroatoms. The van der Waals surface area contributed by atoms with Crippen LogP contribution in [-0.4, -0.2) is 29.7 Å². The van der Waals surface area contributed by atoms with Gasteiger partial charge in [-0.2, -0.15) is 0 Å². The van der Waals surface area contributed by atoms with Crippen LogP contribution in [-0.2, 0) is 4.74 Å². The van der Waals surface area contributed by atoms with Crippen molar-refractivity contribution in [1.29, 1.82) is 0 Å². The van der Waals surface area contributed by atoms with Gasteiger partial charge in [-0.15, -0.1) is 0 Å². The Labute approximate surface area is 114 Å². The number of hydrogen-bond donors (Lipinski definition) is 3. The molecule has 106 valence electrons. The van der Waals surface area contributed by atoms with Crippen molar-refractivity contribution in [2.75, 3.05) is 30.5 Å². The summed E-state index contributed by atoms with van der Waals surface area (Å²) in [5.41, 5.74) is 3.62. The molecular weight excluding hydrogens is 242 g/mol. The molecule has 1 aliphatic rings. The Hall–Kier alpha value is -1.40. The third-order valence-electron chi connectivity index (χ3n) is 3.20. The summed E-state index contributed by atoms with van der Waals surface area (Å²) < 4.78 is 5.31. The molecule has 0 unspecified atom stereocenters. The molecule has 1 aliphatic carbocycles. The molecule has 1 fully saturated rings. The van der Waals surface area contributed by atoms with E-state index < -0.39 is 0 Å². The van der Waals surface area contributed by atoms with Gasteiger partial charge in [0.2, 0.25) is 0 Å². The topological polar surface area (TPSA) is 85.1 Å². The number of ether oxygens (including phenoxy) is 1. The molecule has 0 spiro atoms. The van der Waals surface area contributed by atoms with Crippen LogP contribution in [0.2, 0.25) is 0 Å². The van der Waals surface area contributed by atoms with E-state index >= 15 is 0 Å². The van der Waals surface area contributed by atoms with Gasteiger partial charge in [0.15, 0.2) is 0 Å². The zero-order chi connectivity index (χ0) is 13.7. The highest BCUT2D eigenvalue weighted by molar-refractivity contribution is 5.57. The second-order valence-electron chi connectivity index (χ2n) is 4.80. The van der Waals surface area contributed by atoms with E-state index in [1.807, 2.05) is 13.8 Å². The number of nitrogens with zero attached hydrogens (tertiary/aromatic N) is 2. The lowest BCUT2D eigenvalue weighted by molar-refractivity contribution is 0.147. The molecule has 6 nitrogen and oxygen atoms in total. The predicted molar refractivity (Wildman–Crippen MR) is 76.2 cm³/mol. The predicted octanol–water partition coefficient (Wildman–Crippen LogP) is 1.79. The van der Waals surface area contributed by atoms with Crippen LogP contribution in [0.15, 0.2) is 0 Å². The smallest absolute Gasteiger partial charge is 0.148 e. The van der Waals surface area contributed by atoms with Crippen LogP contribution in [0, 0.1) is 6.92 Å². The first kappa shape index (κ1) is 14.0. The Bertz CT molecular complexity index is 420. The molecule has 0 saturated heterocycles. The standard InChI is InChI=1S/C13H23N5O/c1-3-19-8-4-7-15-11-9(2)12(18-14)17-13(16-11)10-5-6-10/h10H,3-8,14H2,1-2H3,(H2,15,16,17,18). The summed E-state index contributed by atoms with van der Waals surface area (Å²) in [6, 6.07) is 0. The molecule has 2 rings (SSSR count). The first-order valence-corrected chi connectivity index (χ1v) is 6.93. The molecule has 0 atom stereocenters. The van der Waals surface area contributed by atoms with Crippen molar-refractivity contribution < 1.29 is 4.74 Å². The fraction of sp³-hybridized carbons (Fsp3) is 0.692. The fourth-order valence-corrected chi connectivity index (χ4v) is 1.90. The van der Waals surface area contributed by atoms with E-state index in [4.69, 9.17) is 10.6 Å². The zero-order valence-electron chi connectivity index (χ0n) is 11.7. The summed E-state index contributed by atoms with van der Waals surface area (Å²) in [5.74, 6) is 8.51. The number of nitrogens with one attached hydrogen (secondary N) is 2. The van der Waals surface area contributed by atoms with E-state index in [2.05, 4.69) is 20.7 Å². The maximum atomic E-state index is 5.52. The van der Waals surface area contributed by atoms with Gasteiger partial charge in [-0.1, -0.05) is 0 Å². The first-order chi connectivity index (χ1) is 9.26. The van der Waals surface area contributed by atoms with Crippen molar-refractivity contribution in [2.45, 2.75) is 39.0 Å². The van der Waals surface area contributed by atoms with Crippen LogP contribution in [0.25, 0.3) is 0 Å². The molecule has 1 saturated carbocycles. The fourth-order valence-electron chi connectivity index (χ4n) is 1.90. The maximum absolute atomic E-state index is 5.52. The molecule has 0 aromatic carbocycles. The Balaban J connectivity index is 1.99. The van der Waals surface area contributed by atoms with Crippen molar-refractivity contribution in [2.24, 2.45) is 5.84 Å². The third kappa shape index (κ3) is 3.78. The van der Waals surface area contributed by atoms with Gasteiger partial charge < -0.3 is 15.5 Å². The highest BCUT2D eigenvalue weighted by Gasteiger charge is 2.28. The third-order valence-corrected chi connectivity index (χ3v) is 3.20. The van der Waals surface area contributed by atoms with Gasteiger partial charge in [-0.25, -0.2) is 15.8 Å². The van der Waals surface area contributed by atoms with Gasteiger partial charge in [0, 0.05) is 31.2 Å². The molecule has 19 heavy (non-hydrogen) atoms. The van der Waals surface area contributed by atoms with Gasteiger partial charge in [-0.05, 0) is 33.1 Å². The van der Waals surface area contributed by atoms with Crippen LogP contribution in [0.3, 0.4) is 0 Å². The number of anilines is 2. The highest BCUT2D eigenvalue weighted by atomic mass is 16.5. The molecular formula is C13H23N5O. The molecule has 0 aliphatic heterocycles. The second-order valence-corrected chi connectivity index (χ2v) is 4.80. The largest absolute Gasteiger partial charge is 0.382 e. The SMILES string of the molecule is CCOCCCNc1nc(C2CC2)nc(NN)c1C. The van der Waals surface area contributed by atoms with Gasteiger partial charge >= 0.3 is 0 Å². The van der Waals surface area contributed by atoms with Crippen molar-refractivity contribution in [3.05, 3.63) is 11.4 Å². The van der Waals surface area contributed by atoms with Crippen molar-refractivity contribution in [1.82, 2.24) is 9.97 Å². The van der Waals surface area contributed by atoms with Crippen LogP contribution < -0.4 is 16.6 Å². The monoisotopic (exact) mass is 265 g/mol. The van der Waals surface area contributed by atoms with Gasteiger partial charge in [0.05, 0.1) is 0 Å². The molecule has 4 N–H and O–H groups in total. The van der Waals surface area contributed by atoms with Crippen LogP contribution in [0.5, 0.6) is 0 Å². The van der Waals surface area contributed by atoms with E-state index in [0.29, 0.717) is 11.7 Å². The minimum absolute atomic E-state index is 0.511. The molecule has 1 heterocycles. The van der Waals surface area contributed by atoms with Crippen LogP contribution in [0.4, 0.5) is 11.6 Å². The Morgan fingerprint density at radius 3 is 2.68 bits per heavy atom. The average molecular weight is 265 g/mol. The number of rotatable bonds is 8. The molecule has 0 amide bonds. The number of nitrogen functional groups attached to an aromatic ring is 1. The van der Waals surface area contributed by atoms with E-state index in [1.54, 1.807) is 0 Å². The average Bonchev–Trinajstić information content (AvgIpc) is 3.24. The lowest BCUT2D eigenvalue weighted by Crippen LogP contribution is -2.15. The van der Waals surface area contributed by atoms with Crippen molar-refractivity contribution in [3.8, 4) is 0 Å². The summed E-state index contributed by atoms with van der Waals surface area (Å²) >= 11 is 0. The van der Waals surface area contributed by atoms with Crippen LogP contribution in [0.1, 0.15) is 43.5 Å². The number of hydrazine groups is 1. The van der Waals surface area contributed by atoms with E-state index in [0.717, 1.165) is 43.4 Å². The van der Waals surface area contributed by atoms with E-state index in [1.165, 1.54) is 12.8 Å². The summed E-state index contributed by atoms with van der Waals surface area (Å²) in [6.07, 6.45) is 3.31. The summed E-state index contributed by atoms with van der Waals surface area (Å²) in [4.78, 5) is 9.06. The zero-order valence-corrected chi connectivity index (χ0v) is 11.7. The summed E-state index contributed by atoms with van der Waals surface area (Å²) in [6.45, 7) is 6.34. The molecule has 0 radical (unpaired) electrons.